The third-order valence-electron chi connectivity index (χ3n) is 5.19. The van der Waals surface area contributed by atoms with Crippen LogP contribution in [-0.2, 0) is 14.3 Å². The van der Waals surface area contributed by atoms with Crippen molar-refractivity contribution >= 4 is 17.9 Å². The molecule has 2 N–H and O–H groups in total. The van der Waals surface area contributed by atoms with Crippen LogP contribution in [0.25, 0.3) is 0 Å². The van der Waals surface area contributed by atoms with E-state index in [0.29, 0.717) is 13.0 Å². The monoisotopic (exact) mass is 431 g/mol. The van der Waals surface area contributed by atoms with E-state index < -0.39 is 17.7 Å². The van der Waals surface area contributed by atoms with Gasteiger partial charge < -0.3 is 20.3 Å². The second kappa shape index (κ2) is 11.7. The van der Waals surface area contributed by atoms with Gasteiger partial charge in [-0.2, -0.15) is 0 Å². The molecule has 7 nitrogen and oxygen atoms in total. The van der Waals surface area contributed by atoms with Crippen LogP contribution in [0.2, 0.25) is 0 Å². The third kappa shape index (κ3) is 8.23. The summed E-state index contributed by atoms with van der Waals surface area (Å²) in [6.07, 6.45) is 5.39. The molecule has 0 heterocycles. The summed E-state index contributed by atoms with van der Waals surface area (Å²) in [4.78, 5) is 40.0. The van der Waals surface area contributed by atoms with E-state index >= 15 is 0 Å². The van der Waals surface area contributed by atoms with Crippen LogP contribution in [0.5, 0.6) is 0 Å². The Kier molecular flexibility index (Phi) is 9.34. The maximum absolute atomic E-state index is 13.3. The van der Waals surface area contributed by atoms with Gasteiger partial charge in [0.05, 0.1) is 0 Å². The molecule has 1 fully saturated rings. The van der Waals surface area contributed by atoms with Gasteiger partial charge in [-0.3, -0.25) is 9.59 Å². The number of amides is 3. The van der Waals surface area contributed by atoms with Crippen LogP contribution >= 0.6 is 0 Å². The minimum absolute atomic E-state index is 0.144. The standard InChI is InChI=1S/C24H37N3O4/c1-5-16-27(20(28)17-25-23(30)31-24(2,3)4)21(18-12-8-6-9-13-18)22(29)26-19-14-10-7-11-15-19/h6,8-9,12-13,19,21H,5,7,10-11,14-17H2,1-4H3,(H,25,30)(H,26,29). The van der Waals surface area contributed by atoms with Crippen molar-refractivity contribution in [1.82, 2.24) is 15.5 Å². The maximum Gasteiger partial charge on any atom is 0.408 e. The summed E-state index contributed by atoms with van der Waals surface area (Å²) in [6.45, 7) is 7.43. The summed E-state index contributed by atoms with van der Waals surface area (Å²) in [7, 11) is 0. The van der Waals surface area contributed by atoms with Gasteiger partial charge in [0, 0.05) is 12.6 Å². The van der Waals surface area contributed by atoms with Crippen molar-refractivity contribution in [2.24, 2.45) is 0 Å². The first-order chi connectivity index (χ1) is 14.7. The number of ether oxygens (including phenoxy) is 1. The molecule has 1 aliphatic carbocycles. The second-order valence-electron chi connectivity index (χ2n) is 9.10. The molecule has 1 aliphatic rings. The molecule has 1 aromatic rings. The number of alkyl carbamates (subject to hydrolysis) is 1. The lowest BCUT2D eigenvalue weighted by Crippen LogP contribution is -2.50. The van der Waals surface area contributed by atoms with Crippen LogP contribution in [0, 0.1) is 0 Å². The Balaban J connectivity index is 2.17. The van der Waals surface area contributed by atoms with E-state index in [1.54, 1.807) is 25.7 Å². The van der Waals surface area contributed by atoms with E-state index in [1.165, 1.54) is 6.42 Å². The largest absolute Gasteiger partial charge is 0.444 e. The fourth-order valence-electron chi connectivity index (χ4n) is 3.84. The fourth-order valence-corrected chi connectivity index (χ4v) is 3.84. The molecule has 0 bridgehead atoms. The van der Waals surface area contributed by atoms with Gasteiger partial charge in [0.15, 0.2) is 0 Å². The second-order valence-corrected chi connectivity index (χ2v) is 9.10. The van der Waals surface area contributed by atoms with Crippen molar-refractivity contribution in [1.29, 1.82) is 0 Å². The molecule has 0 radical (unpaired) electrons. The Morgan fingerprint density at radius 1 is 1.10 bits per heavy atom. The van der Waals surface area contributed by atoms with Crippen molar-refractivity contribution in [3.05, 3.63) is 35.9 Å². The molecule has 1 aromatic carbocycles. The Bertz CT molecular complexity index is 724. The molecular weight excluding hydrogens is 394 g/mol. The number of carbonyl (C=O) groups excluding carboxylic acids is 3. The first-order valence-electron chi connectivity index (χ1n) is 11.3. The minimum atomic E-state index is -0.740. The van der Waals surface area contributed by atoms with Gasteiger partial charge in [-0.15, -0.1) is 0 Å². The quantitative estimate of drug-likeness (QED) is 0.653. The smallest absolute Gasteiger partial charge is 0.408 e. The highest BCUT2D eigenvalue weighted by Crippen LogP contribution is 2.24. The van der Waals surface area contributed by atoms with Gasteiger partial charge in [0.25, 0.3) is 0 Å². The molecular formula is C24H37N3O4. The third-order valence-corrected chi connectivity index (χ3v) is 5.19. The van der Waals surface area contributed by atoms with Gasteiger partial charge in [-0.25, -0.2) is 4.79 Å². The maximum atomic E-state index is 13.3. The molecule has 1 saturated carbocycles. The van der Waals surface area contributed by atoms with Gasteiger partial charge in [-0.1, -0.05) is 56.5 Å². The number of rotatable bonds is 8. The fraction of sp³-hybridized carbons (Fsp3) is 0.625. The number of benzene rings is 1. The normalized spacial score (nSPS) is 15.6. The topological polar surface area (TPSA) is 87.7 Å². The van der Waals surface area contributed by atoms with E-state index in [2.05, 4.69) is 10.6 Å². The number of hydrogen-bond acceptors (Lipinski definition) is 4. The first-order valence-corrected chi connectivity index (χ1v) is 11.3. The molecule has 1 atom stereocenters. The molecule has 3 amide bonds. The van der Waals surface area contributed by atoms with Crippen LogP contribution in [-0.4, -0.2) is 47.5 Å². The average molecular weight is 432 g/mol. The van der Waals surface area contributed by atoms with Crippen LogP contribution in [0.4, 0.5) is 4.79 Å². The van der Waals surface area contributed by atoms with Crippen molar-refractivity contribution < 1.29 is 19.1 Å². The molecule has 0 aliphatic heterocycles. The number of carbonyl (C=O) groups is 3. The zero-order chi connectivity index (χ0) is 22.9. The summed E-state index contributed by atoms with van der Waals surface area (Å²) in [5.41, 5.74) is 0.109. The average Bonchev–Trinajstić information content (AvgIpc) is 2.72. The molecule has 172 valence electrons. The number of nitrogens with zero attached hydrogens (tertiary/aromatic N) is 1. The van der Waals surface area contributed by atoms with E-state index in [-0.39, 0.29) is 24.4 Å². The molecule has 7 heteroatoms. The molecule has 31 heavy (non-hydrogen) atoms. The lowest BCUT2D eigenvalue weighted by atomic mass is 9.94. The van der Waals surface area contributed by atoms with Crippen LogP contribution in [0.1, 0.15) is 77.8 Å². The Hall–Kier alpha value is -2.57. The molecule has 0 saturated heterocycles. The van der Waals surface area contributed by atoms with Crippen molar-refractivity contribution in [3.8, 4) is 0 Å². The van der Waals surface area contributed by atoms with Crippen LogP contribution < -0.4 is 10.6 Å². The lowest BCUT2D eigenvalue weighted by molar-refractivity contribution is -0.140. The Morgan fingerprint density at radius 3 is 2.32 bits per heavy atom. The van der Waals surface area contributed by atoms with E-state index in [9.17, 15) is 14.4 Å². The van der Waals surface area contributed by atoms with Crippen LogP contribution in [0.3, 0.4) is 0 Å². The lowest BCUT2D eigenvalue weighted by Gasteiger charge is -2.33. The molecule has 0 aromatic heterocycles. The van der Waals surface area contributed by atoms with Gasteiger partial charge >= 0.3 is 6.09 Å². The summed E-state index contributed by atoms with van der Waals surface area (Å²) < 4.78 is 5.22. The van der Waals surface area contributed by atoms with Crippen LogP contribution in [0.15, 0.2) is 30.3 Å². The van der Waals surface area contributed by atoms with Crippen molar-refractivity contribution in [2.45, 2.75) is 83.9 Å². The predicted octanol–water partition coefficient (Wildman–Crippen LogP) is 3.94. The predicted molar refractivity (Wildman–Crippen MR) is 120 cm³/mol. The number of hydrogen-bond donors (Lipinski definition) is 2. The van der Waals surface area contributed by atoms with Gasteiger partial charge in [0.2, 0.25) is 11.8 Å². The zero-order valence-corrected chi connectivity index (χ0v) is 19.3. The zero-order valence-electron chi connectivity index (χ0n) is 19.3. The van der Waals surface area contributed by atoms with Crippen molar-refractivity contribution in [3.63, 3.8) is 0 Å². The highest BCUT2D eigenvalue weighted by Gasteiger charge is 2.32. The highest BCUT2D eigenvalue weighted by molar-refractivity contribution is 5.90. The summed E-state index contributed by atoms with van der Waals surface area (Å²) in [5, 5.41) is 5.68. The highest BCUT2D eigenvalue weighted by atomic mass is 16.6. The minimum Gasteiger partial charge on any atom is -0.444 e. The first kappa shape index (κ1) is 24.7. The molecule has 0 spiro atoms. The summed E-state index contributed by atoms with van der Waals surface area (Å²) in [5.74, 6) is -0.488. The Morgan fingerprint density at radius 2 is 1.74 bits per heavy atom. The van der Waals surface area contributed by atoms with Gasteiger partial charge in [0.1, 0.15) is 18.2 Å². The van der Waals surface area contributed by atoms with E-state index in [0.717, 1.165) is 31.2 Å². The van der Waals surface area contributed by atoms with Gasteiger partial charge in [-0.05, 0) is 45.6 Å². The van der Waals surface area contributed by atoms with E-state index in [1.807, 2.05) is 37.3 Å². The summed E-state index contributed by atoms with van der Waals surface area (Å²) >= 11 is 0. The molecule has 1 unspecified atom stereocenters. The Labute approximate surface area is 185 Å². The molecule has 2 rings (SSSR count). The van der Waals surface area contributed by atoms with Crippen molar-refractivity contribution in [2.75, 3.05) is 13.1 Å². The number of nitrogens with one attached hydrogen (secondary N) is 2. The SMILES string of the molecule is CCCN(C(=O)CNC(=O)OC(C)(C)C)C(C(=O)NC1CCCCC1)c1ccccc1. The van der Waals surface area contributed by atoms with E-state index in [4.69, 9.17) is 4.74 Å². The summed E-state index contributed by atoms with van der Waals surface area (Å²) in [6, 6.07) is 8.75.